The molecule has 6 heteroatoms. The summed E-state index contributed by atoms with van der Waals surface area (Å²) in [4.78, 5) is 0. The van der Waals surface area contributed by atoms with Crippen LogP contribution in [-0.4, -0.2) is 27.4 Å². The number of hydrogen-bond donors (Lipinski definition) is 0. The standard InChI is InChI=1S/C54H35N3.C52H33N3/c1-3-15-36(16-4-1)37-17-13-20-41(33-37)56-47-24-10-7-21-42(47)45-34-38(29-31-50(45)56)39-30-32-51-46(35-39)43-22-8-11-25-48(43)57(51)53-28-14-27-52-54(53)44-23-9-12-26-49(44)55(52)40-18-5-2-6-19-40;1-2-14-38(15-3-1)53-47-19-9-6-16-41(47)44-31-36(23-27-50(44)53)37-24-28-51-45(32-37)42-17-7-10-20-48(42)55(51)40-26-29-52-46(33-40)43-18-8-11-21-49(43)54(52)39-25-22-34-12-4-5-13-35(34)30-39/h1-35H;1-33H. The maximum absolute atomic E-state index is 2.47. The Bertz CT molecular complexity index is 7940. The molecule has 0 spiro atoms. The molecule has 0 radical (unpaired) electrons. The van der Waals surface area contributed by atoms with Gasteiger partial charge in [0, 0.05) is 93.1 Å². The van der Waals surface area contributed by atoms with Crippen molar-refractivity contribution in [1.29, 1.82) is 0 Å². The summed E-state index contributed by atoms with van der Waals surface area (Å²) in [6, 6.07) is 151. The number of para-hydroxylation sites is 8. The first kappa shape index (κ1) is 63.1. The maximum atomic E-state index is 2.47. The number of hydrogen-bond acceptors (Lipinski definition) is 0. The third-order valence-electron chi connectivity index (χ3n) is 23.4. The Morgan fingerprint density at radius 1 is 0.125 bits per heavy atom. The van der Waals surface area contributed by atoms with E-state index < -0.39 is 0 Å². The van der Waals surface area contributed by atoms with E-state index in [1.54, 1.807) is 0 Å². The van der Waals surface area contributed by atoms with Gasteiger partial charge in [0.05, 0.1) is 71.9 Å². The Kier molecular flexibility index (Phi) is 14.3. The van der Waals surface area contributed by atoms with Crippen LogP contribution in [0.5, 0.6) is 0 Å². The molecule has 0 saturated heterocycles. The maximum Gasteiger partial charge on any atom is 0.0562 e. The lowest BCUT2D eigenvalue weighted by atomic mass is 10.0. The molecule has 0 aliphatic rings. The number of fused-ring (bicyclic) bond motifs is 19. The zero-order valence-corrected chi connectivity index (χ0v) is 60.9. The fourth-order valence-electron chi connectivity index (χ4n) is 18.5. The minimum absolute atomic E-state index is 1.16. The zero-order chi connectivity index (χ0) is 73.5. The first-order chi connectivity index (χ1) is 55.6. The van der Waals surface area contributed by atoms with E-state index in [1.165, 1.54) is 192 Å². The van der Waals surface area contributed by atoms with Crippen molar-refractivity contribution in [3.8, 4) is 67.5 Å². The quantitative estimate of drug-likeness (QED) is 0.138. The topological polar surface area (TPSA) is 29.6 Å². The number of benzene rings is 18. The average Bonchev–Trinajstić information content (AvgIpc) is 1.56. The molecule has 0 amide bonds. The molecule has 6 aromatic heterocycles. The highest BCUT2D eigenvalue weighted by Gasteiger charge is 2.24. The number of nitrogens with zero attached hydrogens (tertiary/aromatic N) is 6. The van der Waals surface area contributed by atoms with Gasteiger partial charge in [-0.1, -0.05) is 249 Å². The smallest absolute Gasteiger partial charge is 0.0562 e. The highest BCUT2D eigenvalue weighted by molar-refractivity contribution is 6.19. The van der Waals surface area contributed by atoms with Crippen LogP contribution in [0.25, 0.3) is 209 Å². The molecule has 0 fully saturated rings. The van der Waals surface area contributed by atoms with E-state index in [2.05, 4.69) is 440 Å². The van der Waals surface area contributed by atoms with Crippen molar-refractivity contribution < 1.29 is 0 Å². The second-order valence-electron chi connectivity index (χ2n) is 29.5. The second kappa shape index (κ2) is 25.3. The monoisotopic (exact) mass is 1420 g/mol. The van der Waals surface area contributed by atoms with Crippen molar-refractivity contribution in [2.24, 2.45) is 0 Å². The van der Waals surface area contributed by atoms with Crippen LogP contribution in [0.4, 0.5) is 0 Å². The molecule has 24 aromatic rings. The van der Waals surface area contributed by atoms with Crippen molar-refractivity contribution in [1.82, 2.24) is 27.4 Å². The van der Waals surface area contributed by atoms with Crippen LogP contribution in [0.15, 0.2) is 413 Å². The van der Waals surface area contributed by atoms with Crippen molar-refractivity contribution in [3.05, 3.63) is 413 Å². The molecule has 0 aliphatic heterocycles. The summed E-state index contributed by atoms with van der Waals surface area (Å²) in [6.45, 7) is 0. The van der Waals surface area contributed by atoms with Crippen LogP contribution in [0.2, 0.25) is 0 Å². The molecule has 0 aliphatic carbocycles. The first-order valence-corrected chi connectivity index (χ1v) is 38.5. The molecule has 522 valence electrons. The SMILES string of the molecule is c1ccc(-c2cccc(-n3c4ccccc4c4cc(-c5ccc6c(c5)c5ccccc5n6-c5cccc6c5c5ccccc5n6-c5ccccc5)ccc43)c2)cc1.c1ccc(-n2c3ccccc3c3cc(-c4ccc5c(c4)c4ccccc4n5-c4ccc5c(c4)c4ccccc4n5-c4ccc5ccccc5c4)ccc32)cc1. The van der Waals surface area contributed by atoms with Crippen molar-refractivity contribution in [3.63, 3.8) is 0 Å². The Hall–Kier alpha value is -15.0. The molecule has 18 aromatic carbocycles. The summed E-state index contributed by atoms with van der Waals surface area (Å²) >= 11 is 0. The summed E-state index contributed by atoms with van der Waals surface area (Å²) in [5.74, 6) is 0. The van der Waals surface area contributed by atoms with Gasteiger partial charge in [-0.25, -0.2) is 0 Å². The largest absolute Gasteiger partial charge is 0.309 e. The summed E-state index contributed by atoms with van der Waals surface area (Å²) < 4.78 is 14.5. The van der Waals surface area contributed by atoms with Gasteiger partial charge in [0.15, 0.2) is 0 Å². The predicted molar refractivity (Wildman–Crippen MR) is 473 cm³/mol. The van der Waals surface area contributed by atoms with Crippen LogP contribution in [0, 0.1) is 0 Å². The van der Waals surface area contributed by atoms with Crippen LogP contribution in [-0.2, 0) is 0 Å². The Labute approximate surface area is 644 Å². The summed E-state index contributed by atoms with van der Waals surface area (Å²) in [5, 5.41) is 17.5. The summed E-state index contributed by atoms with van der Waals surface area (Å²) in [5.41, 5.74) is 28.7. The van der Waals surface area contributed by atoms with Crippen molar-refractivity contribution in [2.75, 3.05) is 0 Å². The third kappa shape index (κ3) is 9.85. The van der Waals surface area contributed by atoms with E-state index in [9.17, 15) is 0 Å². The van der Waals surface area contributed by atoms with Gasteiger partial charge in [0.2, 0.25) is 0 Å². The van der Waals surface area contributed by atoms with E-state index in [4.69, 9.17) is 0 Å². The van der Waals surface area contributed by atoms with Crippen LogP contribution in [0.3, 0.4) is 0 Å². The third-order valence-corrected chi connectivity index (χ3v) is 23.4. The fraction of sp³-hybridized carbons (Fsp3) is 0. The fourth-order valence-corrected chi connectivity index (χ4v) is 18.5. The van der Waals surface area contributed by atoms with E-state index in [-0.39, 0.29) is 0 Å². The lowest BCUT2D eigenvalue weighted by molar-refractivity contribution is 1.17. The lowest BCUT2D eigenvalue weighted by Gasteiger charge is -2.12. The Balaban J connectivity index is 0.000000134. The van der Waals surface area contributed by atoms with Gasteiger partial charge in [-0.15, -0.1) is 0 Å². The highest BCUT2D eigenvalue weighted by atomic mass is 15.0. The molecular weight excluding hydrogens is 1360 g/mol. The molecular formula is C106H68N6. The van der Waals surface area contributed by atoms with Gasteiger partial charge in [-0.3, -0.25) is 0 Å². The van der Waals surface area contributed by atoms with Crippen LogP contribution >= 0.6 is 0 Å². The van der Waals surface area contributed by atoms with Gasteiger partial charge in [0.1, 0.15) is 0 Å². The van der Waals surface area contributed by atoms with E-state index in [0.29, 0.717) is 0 Å². The van der Waals surface area contributed by atoms with E-state index in [0.717, 1.165) is 17.1 Å². The number of rotatable bonds is 9. The lowest BCUT2D eigenvalue weighted by Crippen LogP contribution is -1.96. The Morgan fingerprint density at radius 3 is 0.893 bits per heavy atom. The molecule has 0 saturated carbocycles. The number of aromatic nitrogens is 6. The van der Waals surface area contributed by atoms with Crippen molar-refractivity contribution >= 4 is 142 Å². The summed E-state index contributed by atoms with van der Waals surface area (Å²) in [7, 11) is 0. The van der Waals surface area contributed by atoms with Crippen molar-refractivity contribution in [2.45, 2.75) is 0 Å². The highest BCUT2D eigenvalue weighted by Crippen LogP contribution is 2.45. The predicted octanol–water partition coefficient (Wildman–Crippen LogP) is 28.1. The molecule has 0 unspecified atom stereocenters. The second-order valence-corrected chi connectivity index (χ2v) is 29.5. The van der Waals surface area contributed by atoms with E-state index in [1.807, 2.05) is 0 Å². The molecule has 0 N–H and O–H groups in total. The van der Waals surface area contributed by atoms with Gasteiger partial charge >= 0.3 is 0 Å². The zero-order valence-electron chi connectivity index (χ0n) is 60.9. The molecule has 0 bridgehead atoms. The van der Waals surface area contributed by atoms with Gasteiger partial charge < -0.3 is 27.4 Å². The molecule has 6 nitrogen and oxygen atoms in total. The van der Waals surface area contributed by atoms with Crippen LogP contribution < -0.4 is 0 Å². The molecule has 112 heavy (non-hydrogen) atoms. The van der Waals surface area contributed by atoms with Crippen LogP contribution in [0.1, 0.15) is 0 Å². The van der Waals surface area contributed by atoms with Gasteiger partial charge in [-0.2, -0.15) is 0 Å². The molecule has 6 heterocycles. The summed E-state index contributed by atoms with van der Waals surface area (Å²) in [6.07, 6.45) is 0. The normalized spacial score (nSPS) is 11.9. The molecule has 0 atom stereocenters. The van der Waals surface area contributed by atoms with Gasteiger partial charge in [0.25, 0.3) is 0 Å². The van der Waals surface area contributed by atoms with E-state index >= 15 is 0 Å². The van der Waals surface area contributed by atoms with Gasteiger partial charge in [-0.05, 0) is 208 Å². The minimum atomic E-state index is 1.16. The molecule has 24 rings (SSSR count). The minimum Gasteiger partial charge on any atom is -0.309 e. The average molecular weight is 1430 g/mol. The Morgan fingerprint density at radius 2 is 0.411 bits per heavy atom. The first-order valence-electron chi connectivity index (χ1n) is 38.5.